The van der Waals surface area contributed by atoms with E-state index in [2.05, 4.69) is 10.6 Å². The highest BCUT2D eigenvalue weighted by Gasteiger charge is 2.12. The molecular formula is C13H14N2O3S. The number of amides is 2. The highest BCUT2D eigenvalue weighted by Crippen LogP contribution is 2.04. The Morgan fingerprint density at radius 2 is 2.00 bits per heavy atom. The van der Waals surface area contributed by atoms with Gasteiger partial charge in [0.05, 0.1) is 12.5 Å². The Morgan fingerprint density at radius 3 is 2.68 bits per heavy atom. The molecule has 5 nitrogen and oxygen atoms in total. The van der Waals surface area contributed by atoms with Crippen LogP contribution in [0.5, 0.6) is 0 Å². The standard InChI is InChI=1S/C13H14N2O3S/c16-12(14-4-1-10-2-5-18-8-10)13(17)15-7-11-3-6-19-9-11/h2-3,5-6,8-9H,1,4,7H2,(H,14,16)(H,15,17). The number of furan rings is 1. The maximum Gasteiger partial charge on any atom is 0.309 e. The number of carbonyl (C=O) groups excluding carboxylic acids is 2. The van der Waals surface area contributed by atoms with E-state index >= 15 is 0 Å². The zero-order valence-electron chi connectivity index (χ0n) is 10.2. The van der Waals surface area contributed by atoms with Crippen molar-refractivity contribution < 1.29 is 14.0 Å². The smallest absolute Gasteiger partial charge is 0.309 e. The van der Waals surface area contributed by atoms with Crippen molar-refractivity contribution in [2.75, 3.05) is 6.54 Å². The number of thiophene rings is 1. The molecule has 0 bridgehead atoms. The molecule has 0 aliphatic rings. The van der Waals surface area contributed by atoms with Gasteiger partial charge in [0, 0.05) is 13.1 Å². The topological polar surface area (TPSA) is 71.3 Å². The van der Waals surface area contributed by atoms with Crippen molar-refractivity contribution in [2.24, 2.45) is 0 Å². The summed E-state index contributed by atoms with van der Waals surface area (Å²) in [6.45, 7) is 0.779. The van der Waals surface area contributed by atoms with Crippen LogP contribution >= 0.6 is 11.3 Å². The largest absolute Gasteiger partial charge is 0.472 e. The van der Waals surface area contributed by atoms with Crippen molar-refractivity contribution in [3.05, 3.63) is 46.5 Å². The van der Waals surface area contributed by atoms with Crippen LogP contribution in [0.25, 0.3) is 0 Å². The summed E-state index contributed by atoms with van der Waals surface area (Å²) in [5, 5.41) is 8.98. The predicted molar refractivity (Wildman–Crippen MR) is 71.6 cm³/mol. The van der Waals surface area contributed by atoms with Crippen molar-refractivity contribution in [1.82, 2.24) is 10.6 Å². The summed E-state index contributed by atoms with van der Waals surface area (Å²) in [5.41, 5.74) is 1.98. The summed E-state index contributed by atoms with van der Waals surface area (Å²) in [5.74, 6) is -1.22. The van der Waals surface area contributed by atoms with Gasteiger partial charge >= 0.3 is 11.8 Å². The third kappa shape index (κ3) is 4.26. The third-order valence-electron chi connectivity index (χ3n) is 2.52. The van der Waals surface area contributed by atoms with Crippen LogP contribution in [0.4, 0.5) is 0 Å². The number of hydrogen-bond acceptors (Lipinski definition) is 4. The lowest BCUT2D eigenvalue weighted by Gasteiger charge is -2.05. The van der Waals surface area contributed by atoms with E-state index in [9.17, 15) is 9.59 Å². The van der Waals surface area contributed by atoms with E-state index < -0.39 is 11.8 Å². The van der Waals surface area contributed by atoms with Gasteiger partial charge in [-0.1, -0.05) is 0 Å². The van der Waals surface area contributed by atoms with Gasteiger partial charge in [-0.25, -0.2) is 0 Å². The summed E-state index contributed by atoms with van der Waals surface area (Å²) in [6, 6.07) is 3.73. The molecule has 6 heteroatoms. The SMILES string of the molecule is O=C(NCCc1ccoc1)C(=O)NCc1ccsc1. The van der Waals surface area contributed by atoms with Gasteiger partial charge in [-0.15, -0.1) is 0 Å². The van der Waals surface area contributed by atoms with Gasteiger partial charge in [0.1, 0.15) is 0 Å². The summed E-state index contributed by atoms with van der Waals surface area (Å²) >= 11 is 1.55. The predicted octanol–water partition coefficient (Wildman–Crippen LogP) is 1.32. The maximum absolute atomic E-state index is 11.5. The summed E-state index contributed by atoms with van der Waals surface area (Å²) in [7, 11) is 0. The van der Waals surface area contributed by atoms with Crippen molar-refractivity contribution >= 4 is 23.2 Å². The third-order valence-corrected chi connectivity index (χ3v) is 3.25. The molecule has 2 amide bonds. The zero-order chi connectivity index (χ0) is 13.5. The first-order valence-corrected chi connectivity index (χ1v) is 6.78. The molecule has 0 saturated heterocycles. The van der Waals surface area contributed by atoms with Gasteiger partial charge in [-0.3, -0.25) is 9.59 Å². The molecule has 0 radical (unpaired) electrons. The monoisotopic (exact) mass is 278 g/mol. The van der Waals surface area contributed by atoms with Crippen molar-refractivity contribution in [3.63, 3.8) is 0 Å². The van der Waals surface area contributed by atoms with Crippen LogP contribution in [0.2, 0.25) is 0 Å². The average Bonchev–Trinajstić information content (AvgIpc) is 3.08. The second kappa shape index (κ2) is 6.75. The molecule has 2 rings (SSSR count). The molecule has 0 saturated carbocycles. The second-order valence-corrected chi connectivity index (χ2v) is 4.73. The first kappa shape index (κ1) is 13.4. The van der Waals surface area contributed by atoms with Gasteiger partial charge in [0.2, 0.25) is 0 Å². The van der Waals surface area contributed by atoms with Gasteiger partial charge in [0.25, 0.3) is 0 Å². The minimum atomic E-state index is -0.613. The zero-order valence-corrected chi connectivity index (χ0v) is 11.0. The summed E-state index contributed by atoms with van der Waals surface area (Å²) in [6.07, 6.45) is 3.83. The molecule has 0 atom stereocenters. The molecule has 0 aromatic carbocycles. The Balaban J connectivity index is 1.66. The molecule has 0 aliphatic heterocycles. The summed E-state index contributed by atoms with van der Waals surface area (Å²) < 4.78 is 4.91. The van der Waals surface area contributed by atoms with E-state index in [4.69, 9.17) is 4.42 Å². The quantitative estimate of drug-likeness (QED) is 0.810. The van der Waals surface area contributed by atoms with Crippen LogP contribution in [0.1, 0.15) is 11.1 Å². The van der Waals surface area contributed by atoms with Crippen LogP contribution in [0.3, 0.4) is 0 Å². The molecule has 19 heavy (non-hydrogen) atoms. The highest BCUT2D eigenvalue weighted by molar-refractivity contribution is 7.07. The molecule has 0 unspecified atom stereocenters. The molecule has 2 N–H and O–H groups in total. The molecule has 0 fully saturated rings. The van der Waals surface area contributed by atoms with Crippen LogP contribution in [-0.2, 0) is 22.6 Å². The minimum absolute atomic E-state index is 0.373. The van der Waals surface area contributed by atoms with E-state index in [1.165, 1.54) is 0 Å². The number of carbonyl (C=O) groups is 2. The van der Waals surface area contributed by atoms with Crippen molar-refractivity contribution in [2.45, 2.75) is 13.0 Å². The molecule has 0 spiro atoms. The van der Waals surface area contributed by atoms with Crippen molar-refractivity contribution in [3.8, 4) is 0 Å². The fraction of sp³-hybridized carbons (Fsp3) is 0.231. The van der Waals surface area contributed by atoms with E-state index in [0.29, 0.717) is 19.5 Å². The fourth-order valence-corrected chi connectivity index (χ4v) is 2.16. The lowest BCUT2D eigenvalue weighted by Crippen LogP contribution is -2.40. The molecule has 2 aromatic heterocycles. The van der Waals surface area contributed by atoms with Crippen molar-refractivity contribution in [1.29, 1.82) is 0 Å². The Hall–Kier alpha value is -2.08. The van der Waals surface area contributed by atoms with Crippen LogP contribution in [0.15, 0.2) is 39.8 Å². The Labute approximate surface area is 114 Å². The highest BCUT2D eigenvalue weighted by atomic mass is 32.1. The van der Waals surface area contributed by atoms with E-state index in [1.807, 2.05) is 22.9 Å². The van der Waals surface area contributed by atoms with Crippen LogP contribution in [0, 0.1) is 0 Å². The Bertz CT molecular complexity index is 520. The maximum atomic E-state index is 11.5. The average molecular weight is 278 g/mol. The summed E-state index contributed by atoms with van der Waals surface area (Å²) in [4.78, 5) is 23.0. The number of nitrogens with one attached hydrogen (secondary N) is 2. The number of rotatable bonds is 5. The van der Waals surface area contributed by atoms with E-state index in [1.54, 1.807) is 23.9 Å². The Morgan fingerprint density at radius 1 is 1.16 bits per heavy atom. The fourth-order valence-electron chi connectivity index (χ4n) is 1.49. The minimum Gasteiger partial charge on any atom is -0.472 e. The van der Waals surface area contributed by atoms with Gasteiger partial charge in [-0.05, 0) is 40.4 Å². The van der Waals surface area contributed by atoms with Gasteiger partial charge in [0.15, 0.2) is 0 Å². The lowest BCUT2D eigenvalue weighted by molar-refractivity contribution is -0.139. The van der Waals surface area contributed by atoms with E-state index in [-0.39, 0.29) is 0 Å². The normalized spacial score (nSPS) is 10.1. The first-order chi connectivity index (χ1) is 9.25. The van der Waals surface area contributed by atoms with Crippen LogP contribution < -0.4 is 10.6 Å². The van der Waals surface area contributed by atoms with Gasteiger partial charge in [-0.2, -0.15) is 11.3 Å². The molecule has 100 valence electrons. The first-order valence-electron chi connectivity index (χ1n) is 5.84. The molecule has 2 heterocycles. The second-order valence-electron chi connectivity index (χ2n) is 3.95. The lowest BCUT2D eigenvalue weighted by atomic mass is 10.2. The van der Waals surface area contributed by atoms with Crippen LogP contribution in [-0.4, -0.2) is 18.4 Å². The molecule has 2 aromatic rings. The number of hydrogen-bond donors (Lipinski definition) is 2. The molecule has 0 aliphatic carbocycles. The molecular weight excluding hydrogens is 264 g/mol. The van der Waals surface area contributed by atoms with E-state index in [0.717, 1.165) is 11.1 Å². The van der Waals surface area contributed by atoms with Gasteiger partial charge < -0.3 is 15.1 Å². The Kier molecular flexibility index (Phi) is 4.74.